The predicted octanol–water partition coefficient (Wildman–Crippen LogP) is 2.60. The van der Waals surface area contributed by atoms with Crippen molar-refractivity contribution in [1.82, 2.24) is 0 Å². The van der Waals surface area contributed by atoms with Crippen molar-refractivity contribution in [3.63, 3.8) is 0 Å². The van der Waals surface area contributed by atoms with Crippen molar-refractivity contribution in [3.05, 3.63) is 64.2 Å². The molecule has 18 heavy (non-hydrogen) atoms. The van der Waals surface area contributed by atoms with Gasteiger partial charge >= 0.3 is 0 Å². The third kappa shape index (κ3) is 2.64. The van der Waals surface area contributed by atoms with Crippen molar-refractivity contribution >= 4 is 17.1 Å². The van der Waals surface area contributed by atoms with Crippen LogP contribution in [0.5, 0.6) is 0 Å². The first-order chi connectivity index (χ1) is 8.70. The van der Waals surface area contributed by atoms with Gasteiger partial charge in [0.1, 0.15) is 5.69 Å². The largest absolute Gasteiger partial charge is 0.350 e. The molecule has 0 atom stereocenters. The second-order valence-electron chi connectivity index (χ2n) is 3.73. The van der Waals surface area contributed by atoms with Gasteiger partial charge in [0, 0.05) is 18.3 Å². The maximum Gasteiger partial charge on any atom is 0.293 e. The summed E-state index contributed by atoms with van der Waals surface area (Å²) >= 11 is 0. The van der Waals surface area contributed by atoms with Gasteiger partial charge in [0.15, 0.2) is 0 Å². The fourth-order valence-corrected chi connectivity index (χ4v) is 1.56. The Kier molecular flexibility index (Phi) is 3.54. The number of nitro benzene ring substituents is 1. The van der Waals surface area contributed by atoms with Crippen LogP contribution in [0, 0.1) is 16.2 Å². The van der Waals surface area contributed by atoms with Crippen molar-refractivity contribution in [2.75, 3.05) is 5.32 Å². The van der Waals surface area contributed by atoms with Gasteiger partial charge in [-0.05, 0) is 29.8 Å². The summed E-state index contributed by atoms with van der Waals surface area (Å²) in [5.74, 6) is 0. The van der Waals surface area contributed by atoms with Crippen LogP contribution in [0.1, 0.15) is 5.56 Å². The number of nitrogens with one attached hydrogen (secondary N) is 1. The second kappa shape index (κ2) is 5.29. The number of rotatable bonds is 4. The van der Waals surface area contributed by atoms with E-state index in [4.69, 9.17) is 5.73 Å². The fourth-order valence-electron chi connectivity index (χ4n) is 1.56. The normalized spacial score (nSPS) is 10.1. The Hall–Kier alpha value is -2.40. The van der Waals surface area contributed by atoms with Gasteiger partial charge < -0.3 is 11.1 Å². The Bertz CT molecular complexity index is 552. The van der Waals surface area contributed by atoms with E-state index >= 15 is 0 Å². The topological polar surface area (TPSA) is 81.2 Å². The summed E-state index contributed by atoms with van der Waals surface area (Å²) in [5.41, 5.74) is 7.74. The van der Waals surface area contributed by atoms with Gasteiger partial charge in [0.2, 0.25) is 0 Å². The fraction of sp³-hybridized carbons (Fsp3) is 0.0769. The lowest BCUT2D eigenvalue weighted by Gasteiger charge is -2.07. The third-order valence-electron chi connectivity index (χ3n) is 2.51. The average molecular weight is 242 g/mol. The van der Waals surface area contributed by atoms with Crippen LogP contribution in [-0.4, -0.2) is 4.92 Å². The number of hydrogen-bond donors (Lipinski definition) is 2. The van der Waals surface area contributed by atoms with Gasteiger partial charge in [0.05, 0.1) is 4.92 Å². The zero-order valence-corrected chi connectivity index (χ0v) is 9.59. The summed E-state index contributed by atoms with van der Waals surface area (Å²) in [4.78, 5) is 10.4. The molecule has 1 radical (unpaired) electrons. The molecule has 0 amide bonds. The standard InChI is InChI=1S/C13H12N3O2/c14-9-10-5-7-11(8-6-10)15-12-3-1-2-4-13(12)16(17)18/h1,3-8,15H,9,14H2. The van der Waals surface area contributed by atoms with Crippen LogP contribution in [0.4, 0.5) is 17.1 Å². The van der Waals surface area contributed by atoms with E-state index < -0.39 is 4.92 Å². The highest BCUT2D eigenvalue weighted by atomic mass is 16.6. The molecule has 0 spiro atoms. The first kappa shape index (κ1) is 12.1. The molecule has 0 saturated heterocycles. The number of nitro groups is 1. The predicted molar refractivity (Wildman–Crippen MR) is 69.5 cm³/mol. The Morgan fingerprint density at radius 3 is 2.61 bits per heavy atom. The second-order valence-corrected chi connectivity index (χ2v) is 3.73. The lowest BCUT2D eigenvalue weighted by molar-refractivity contribution is -0.383. The van der Waals surface area contributed by atoms with Gasteiger partial charge in [-0.15, -0.1) is 0 Å². The number of nitrogens with two attached hydrogens (primary N) is 1. The van der Waals surface area contributed by atoms with E-state index in [0.29, 0.717) is 12.2 Å². The van der Waals surface area contributed by atoms with Gasteiger partial charge in [0.25, 0.3) is 5.69 Å². The van der Waals surface area contributed by atoms with Crippen LogP contribution in [0.25, 0.3) is 0 Å². The lowest BCUT2D eigenvalue weighted by Crippen LogP contribution is -1.98. The minimum Gasteiger partial charge on any atom is -0.350 e. The summed E-state index contributed by atoms with van der Waals surface area (Å²) in [6.45, 7) is 0.473. The molecule has 0 aliphatic carbocycles. The monoisotopic (exact) mass is 242 g/mol. The zero-order chi connectivity index (χ0) is 13.0. The first-order valence-corrected chi connectivity index (χ1v) is 5.41. The van der Waals surface area contributed by atoms with Crippen molar-refractivity contribution < 1.29 is 4.92 Å². The smallest absolute Gasteiger partial charge is 0.293 e. The van der Waals surface area contributed by atoms with E-state index in [-0.39, 0.29) is 5.69 Å². The Morgan fingerprint density at radius 2 is 2.00 bits per heavy atom. The van der Waals surface area contributed by atoms with Gasteiger partial charge in [-0.1, -0.05) is 18.2 Å². The highest BCUT2D eigenvalue weighted by molar-refractivity contribution is 5.69. The molecule has 2 aromatic rings. The molecule has 91 valence electrons. The summed E-state index contributed by atoms with van der Waals surface area (Å²) in [6.07, 6.45) is 0. The lowest BCUT2D eigenvalue weighted by atomic mass is 10.2. The molecule has 0 aromatic heterocycles. The highest BCUT2D eigenvalue weighted by Gasteiger charge is 2.12. The van der Waals surface area contributed by atoms with Crippen LogP contribution in [-0.2, 0) is 6.54 Å². The molecular weight excluding hydrogens is 230 g/mol. The van der Waals surface area contributed by atoms with E-state index in [1.807, 2.05) is 24.3 Å². The molecule has 0 saturated carbocycles. The van der Waals surface area contributed by atoms with Crippen LogP contribution >= 0.6 is 0 Å². The number of benzene rings is 2. The maximum atomic E-state index is 10.8. The van der Waals surface area contributed by atoms with E-state index in [0.717, 1.165) is 11.3 Å². The summed E-state index contributed by atoms with van der Waals surface area (Å²) in [6, 6.07) is 14.7. The van der Waals surface area contributed by atoms with E-state index in [1.165, 1.54) is 6.07 Å². The minimum atomic E-state index is -0.437. The molecule has 2 aromatic carbocycles. The Labute approximate surface area is 104 Å². The van der Waals surface area contributed by atoms with Crippen molar-refractivity contribution in [3.8, 4) is 0 Å². The van der Waals surface area contributed by atoms with E-state index in [9.17, 15) is 10.1 Å². The van der Waals surface area contributed by atoms with Crippen molar-refractivity contribution in [1.29, 1.82) is 0 Å². The molecule has 0 fully saturated rings. The molecule has 5 heteroatoms. The first-order valence-electron chi connectivity index (χ1n) is 5.41. The van der Waals surface area contributed by atoms with E-state index in [1.54, 1.807) is 12.1 Å². The Morgan fingerprint density at radius 1 is 1.28 bits per heavy atom. The number of hydrogen-bond acceptors (Lipinski definition) is 4. The maximum absolute atomic E-state index is 10.8. The molecule has 0 heterocycles. The van der Waals surface area contributed by atoms with Crippen molar-refractivity contribution in [2.24, 2.45) is 5.73 Å². The van der Waals surface area contributed by atoms with Gasteiger partial charge in [-0.3, -0.25) is 10.1 Å². The molecule has 0 unspecified atom stereocenters. The molecule has 5 nitrogen and oxygen atoms in total. The molecule has 0 aliphatic rings. The number of anilines is 2. The minimum absolute atomic E-state index is 0.000372. The van der Waals surface area contributed by atoms with E-state index in [2.05, 4.69) is 11.4 Å². The average Bonchev–Trinajstić information content (AvgIpc) is 2.40. The quantitative estimate of drug-likeness (QED) is 0.637. The zero-order valence-electron chi connectivity index (χ0n) is 9.59. The molecule has 0 aliphatic heterocycles. The van der Waals surface area contributed by atoms with Crippen LogP contribution in [0.15, 0.2) is 42.5 Å². The summed E-state index contributed by atoms with van der Waals surface area (Å²) in [5, 5.41) is 13.8. The van der Waals surface area contributed by atoms with Crippen LogP contribution in [0.2, 0.25) is 0 Å². The van der Waals surface area contributed by atoms with Crippen LogP contribution < -0.4 is 11.1 Å². The van der Waals surface area contributed by atoms with Crippen LogP contribution in [0.3, 0.4) is 0 Å². The van der Waals surface area contributed by atoms with Gasteiger partial charge in [-0.25, -0.2) is 0 Å². The third-order valence-corrected chi connectivity index (χ3v) is 2.51. The summed E-state index contributed by atoms with van der Waals surface area (Å²) in [7, 11) is 0. The molecular formula is C13H12N3O2. The molecule has 0 bridgehead atoms. The number of nitrogens with zero attached hydrogens (tertiary/aromatic N) is 1. The highest BCUT2D eigenvalue weighted by Crippen LogP contribution is 2.26. The molecule has 2 rings (SSSR count). The summed E-state index contributed by atoms with van der Waals surface area (Å²) < 4.78 is 0. The Balaban J connectivity index is 2.25. The SMILES string of the molecule is NCc1ccc(Nc2cc[c]cc2[N+](=O)[O-])cc1. The molecule has 3 N–H and O–H groups in total. The van der Waals surface area contributed by atoms with Gasteiger partial charge in [-0.2, -0.15) is 0 Å². The van der Waals surface area contributed by atoms with Crippen molar-refractivity contribution in [2.45, 2.75) is 6.54 Å².